The van der Waals surface area contributed by atoms with Gasteiger partial charge in [0.25, 0.3) is 0 Å². The highest BCUT2D eigenvalue weighted by atomic mass is 79.9. The fraction of sp³-hybridized carbons (Fsp3) is 0.250. The van der Waals surface area contributed by atoms with Crippen LogP contribution in [0.15, 0.2) is 27.3 Å². The number of methoxy groups -OCH3 is 1. The number of hydrogen-bond acceptors (Lipinski definition) is 3. The molecule has 0 amide bonds. The highest BCUT2D eigenvalue weighted by Gasteiger charge is 2.13. The summed E-state index contributed by atoms with van der Waals surface area (Å²) < 4.78 is 10.9. The third kappa shape index (κ3) is 1.85. The van der Waals surface area contributed by atoms with Crippen LogP contribution in [-0.2, 0) is 16.0 Å². The van der Waals surface area contributed by atoms with Gasteiger partial charge in [-0.2, -0.15) is 0 Å². The van der Waals surface area contributed by atoms with Gasteiger partial charge < -0.3 is 9.15 Å². The van der Waals surface area contributed by atoms with Crippen molar-refractivity contribution < 1.29 is 13.9 Å². The maximum Gasteiger partial charge on any atom is 0.309 e. The first kappa shape index (κ1) is 11.2. The van der Waals surface area contributed by atoms with Gasteiger partial charge in [0.2, 0.25) is 0 Å². The molecule has 1 aromatic heterocycles. The number of esters is 1. The quantitative estimate of drug-likeness (QED) is 0.794. The number of furan rings is 1. The van der Waals surface area contributed by atoms with Crippen LogP contribution in [-0.4, -0.2) is 13.1 Å². The standard InChI is InChI=1S/C12H11BrO3/c1-7-9(6-10(14)15-2)5-8-3-4-16-12(8)11(7)13/h3-5H,6H2,1-2H3. The molecule has 0 aliphatic rings. The Morgan fingerprint density at radius 2 is 2.31 bits per heavy atom. The first-order chi connectivity index (χ1) is 7.63. The van der Waals surface area contributed by atoms with Crippen LogP contribution in [0.5, 0.6) is 0 Å². The van der Waals surface area contributed by atoms with Gasteiger partial charge >= 0.3 is 5.97 Å². The van der Waals surface area contributed by atoms with Gasteiger partial charge in [0, 0.05) is 5.39 Å². The van der Waals surface area contributed by atoms with Crippen molar-refractivity contribution in [3.8, 4) is 0 Å². The molecular weight excluding hydrogens is 272 g/mol. The molecular formula is C12H11BrO3. The molecule has 0 aliphatic carbocycles. The molecule has 0 fully saturated rings. The van der Waals surface area contributed by atoms with E-state index in [1.54, 1.807) is 6.26 Å². The Labute approximate surface area is 102 Å². The van der Waals surface area contributed by atoms with Gasteiger partial charge in [-0.25, -0.2) is 0 Å². The maximum atomic E-state index is 11.3. The van der Waals surface area contributed by atoms with Gasteiger partial charge in [-0.05, 0) is 46.1 Å². The molecule has 2 aromatic rings. The molecule has 4 heteroatoms. The summed E-state index contributed by atoms with van der Waals surface area (Å²) in [7, 11) is 1.39. The Hall–Kier alpha value is -1.29. The molecule has 16 heavy (non-hydrogen) atoms. The minimum Gasteiger partial charge on any atom is -0.469 e. The van der Waals surface area contributed by atoms with Gasteiger partial charge in [0.15, 0.2) is 0 Å². The molecule has 2 rings (SSSR count). The molecule has 0 spiro atoms. The summed E-state index contributed by atoms with van der Waals surface area (Å²) in [6.07, 6.45) is 1.92. The number of benzene rings is 1. The Bertz CT molecular complexity index is 542. The molecule has 3 nitrogen and oxygen atoms in total. The van der Waals surface area contributed by atoms with Crippen LogP contribution < -0.4 is 0 Å². The summed E-state index contributed by atoms with van der Waals surface area (Å²) in [6, 6.07) is 3.83. The Kier molecular flexibility index (Phi) is 3.01. The average molecular weight is 283 g/mol. The first-order valence-corrected chi connectivity index (χ1v) is 5.64. The summed E-state index contributed by atoms with van der Waals surface area (Å²) in [4.78, 5) is 11.3. The van der Waals surface area contributed by atoms with Crippen molar-refractivity contribution in [1.82, 2.24) is 0 Å². The van der Waals surface area contributed by atoms with E-state index >= 15 is 0 Å². The van der Waals surface area contributed by atoms with Crippen molar-refractivity contribution in [2.45, 2.75) is 13.3 Å². The van der Waals surface area contributed by atoms with Gasteiger partial charge in [0.1, 0.15) is 5.58 Å². The van der Waals surface area contributed by atoms with Crippen molar-refractivity contribution in [2.24, 2.45) is 0 Å². The van der Waals surface area contributed by atoms with Crippen LogP contribution >= 0.6 is 15.9 Å². The molecule has 1 heterocycles. The monoisotopic (exact) mass is 282 g/mol. The average Bonchev–Trinajstić information content (AvgIpc) is 2.73. The molecule has 1 aromatic carbocycles. The highest BCUT2D eigenvalue weighted by molar-refractivity contribution is 9.10. The van der Waals surface area contributed by atoms with E-state index in [0.717, 1.165) is 26.6 Å². The van der Waals surface area contributed by atoms with E-state index in [9.17, 15) is 4.79 Å². The van der Waals surface area contributed by atoms with E-state index in [-0.39, 0.29) is 12.4 Å². The second-order valence-electron chi connectivity index (χ2n) is 3.57. The van der Waals surface area contributed by atoms with Crippen molar-refractivity contribution in [3.63, 3.8) is 0 Å². The summed E-state index contributed by atoms with van der Waals surface area (Å²) in [6.45, 7) is 1.95. The largest absolute Gasteiger partial charge is 0.469 e. The van der Waals surface area contributed by atoms with Gasteiger partial charge in [0.05, 0.1) is 24.3 Å². The molecule has 0 N–H and O–H groups in total. The van der Waals surface area contributed by atoms with Crippen LogP contribution in [0.4, 0.5) is 0 Å². The highest BCUT2D eigenvalue weighted by Crippen LogP contribution is 2.31. The Balaban J connectivity index is 2.53. The van der Waals surface area contributed by atoms with Gasteiger partial charge in [-0.15, -0.1) is 0 Å². The van der Waals surface area contributed by atoms with Crippen molar-refractivity contribution in [2.75, 3.05) is 7.11 Å². The number of ether oxygens (including phenoxy) is 1. The van der Waals surface area contributed by atoms with E-state index in [4.69, 9.17) is 4.42 Å². The second kappa shape index (κ2) is 4.29. The molecule has 0 bridgehead atoms. The molecule has 0 saturated heterocycles. The number of rotatable bonds is 2. The van der Waals surface area contributed by atoms with Crippen LogP contribution in [0.3, 0.4) is 0 Å². The van der Waals surface area contributed by atoms with E-state index in [1.165, 1.54) is 7.11 Å². The summed E-state index contributed by atoms with van der Waals surface area (Å²) in [5, 5.41) is 0.983. The molecule has 84 valence electrons. The Morgan fingerprint density at radius 3 is 3.00 bits per heavy atom. The predicted octanol–water partition coefficient (Wildman–Crippen LogP) is 3.22. The molecule has 0 saturated carbocycles. The smallest absolute Gasteiger partial charge is 0.309 e. The maximum absolute atomic E-state index is 11.3. The van der Waals surface area contributed by atoms with E-state index in [0.29, 0.717) is 0 Å². The third-order valence-electron chi connectivity index (χ3n) is 2.60. The lowest BCUT2D eigenvalue weighted by Crippen LogP contribution is -2.06. The predicted molar refractivity (Wildman–Crippen MR) is 64.4 cm³/mol. The number of carbonyl (C=O) groups is 1. The molecule has 0 aliphatic heterocycles. The van der Waals surface area contributed by atoms with E-state index < -0.39 is 0 Å². The fourth-order valence-electron chi connectivity index (χ4n) is 1.63. The minimum absolute atomic E-state index is 0.238. The van der Waals surface area contributed by atoms with E-state index in [2.05, 4.69) is 20.7 Å². The fourth-order valence-corrected chi connectivity index (χ4v) is 2.21. The van der Waals surface area contributed by atoms with Crippen molar-refractivity contribution >= 4 is 32.9 Å². The number of fused-ring (bicyclic) bond motifs is 1. The summed E-state index contributed by atoms with van der Waals surface area (Å²) in [5.74, 6) is -0.238. The minimum atomic E-state index is -0.238. The summed E-state index contributed by atoms with van der Waals surface area (Å²) >= 11 is 3.48. The molecule has 0 atom stereocenters. The van der Waals surface area contributed by atoms with E-state index in [1.807, 2.05) is 19.1 Å². The lowest BCUT2D eigenvalue weighted by atomic mass is 10.0. The van der Waals surface area contributed by atoms with Crippen LogP contribution in [0.2, 0.25) is 0 Å². The SMILES string of the molecule is COC(=O)Cc1cc2ccoc2c(Br)c1C. The zero-order valence-corrected chi connectivity index (χ0v) is 10.6. The first-order valence-electron chi connectivity index (χ1n) is 4.85. The zero-order chi connectivity index (χ0) is 11.7. The topological polar surface area (TPSA) is 39.4 Å². The lowest BCUT2D eigenvalue weighted by molar-refractivity contribution is -0.139. The van der Waals surface area contributed by atoms with Crippen molar-refractivity contribution in [3.05, 3.63) is 34.0 Å². The summed E-state index contributed by atoms with van der Waals surface area (Å²) in [5.41, 5.74) is 2.77. The van der Waals surface area contributed by atoms with Gasteiger partial charge in [-0.3, -0.25) is 4.79 Å². The van der Waals surface area contributed by atoms with Crippen LogP contribution in [0.25, 0.3) is 11.0 Å². The Morgan fingerprint density at radius 1 is 1.56 bits per heavy atom. The molecule has 0 radical (unpaired) electrons. The third-order valence-corrected chi connectivity index (χ3v) is 3.55. The van der Waals surface area contributed by atoms with Crippen molar-refractivity contribution in [1.29, 1.82) is 0 Å². The van der Waals surface area contributed by atoms with Gasteiger partial charge in [-0.1, -0.05) is 0 Å². The second-order valence-corrected chi connectivity index (χ2v) is 4.36. The zero-order valence-electron chi connectivity index (χ0n) is 9.04. The normalized spacial score (nSPS) is 10.7. The van der Waals surface area contributed by atoms with Crippen LogP contribution in [0, 0.1) is 6.92 Å². The number of carbonyl (C=O) groups excluding carboxylic acids is 1. The molecule has 0 unspecified atom stereocenters. The number of hydrogen-bond donors (Lipinski definition) is 0. The lowest BCUT2D eigenvalue weighted by Gasteiger charge is -2.07. The van der Waals surface area contributed by atoms with Crippen LogP contribution in [0.1, 0.15) is 11.1 Å². The number of halogens is 1.